The average molecular weight is 236 g/mol. The highest BCUT2D eigenvalue weighted by Crippen LogP contribution is 2.48. The number of rotatable bonds is 0. The maximum absolute atomic E-state index is 2.37. The fourth-order valence-corrected chi connectivity index (χ4v) is 2.79. The maximum Gasteiger partial charge on any atom is -0.00117 e. The molecule has 1 aliphatic rings. The molecule has 2 aromatic carbocycles. The largest absolute Gasteiger partial charge is 0.0774 e. The first-order valence-corrected chi connectivity index (χ1v) is 6.64. The van der Waals surface area contributed by atoms with Gasteiger partial charge in [0, 0.05) is 0 Å². The van der Waals surface area contributed by atoms with Gasteiger partial charge in [-0.25, -0.2) is 0 Å². The lowest BCUT2D eigenvalue weighted by Crippen LogP contribution is -2.37. The van der Waals surface area contributed by atoms with E-state index in [9.17, 15) is 0 Å². The van der Waals surface area contributed by atoms with Crippen molar-refractivity contribution in [3.05, 3.63) is 53.6 Å². The third-order valence-electron chi connectivity index (χ3n) is 4.88. The van der Waals surface area contributed by atoms with E-state index in [1.54, 1.807) is 0 Å². The Morgan fingerprint density at radius 1 is 0.833 bits per heavy atom. The van der Waals surface area contributed by atoms with Crippen LogP contribution in [0.15, 0.2) is 42.5 Å². The van der Waals surface area contributed by atoms with Gasteiger partial charge < -0.3 is 0 Å². The first-order chi connectivity index (χ1) is 8.42. The normalized spacial score (nSPS) is 19.8. The lowest BCUT2D eigenvalue weighted by atomic mass is 9.60. The van der Waals surface area contributed by atoms with Crippen LogP contribution in [-0.2, 0) is 5.41 Å². The molecular formula is C18H20. The number of hydrogen-bond acceptors (Lipinski definition) is 0. The summed E-state index contributed by atoms with van der Waals surface area (Å²) in [5, 5.41) is 2.67. The Morgan fingerprint density at radius 2 is 1.44 bits per heavy atom. The molecule has 0 N–H and O–H groups in total. The molecule has 0 unspecified atom stereocenters. The van der Waals surface area contributed by atoms with Crippen LogP contribution in [0.4, 0.5) is 0 Å². The molecule has 0 saturated carbocycles. The summed E-state index contributed by atoms with van der Waals surface area (Å²) in [6.07, 6.45) is 4.64. The molecule has 0 atom stereocenters. The molecule has 0 spiro atoms. The summed E-state index contributed by atoms with van der Waals surface area (Å²) in [4.78, 5) is 0. The van der Waals surface area contributed by atoms with Gasteiger partial charge in [-0.2, -0.15) is 0 Å². The Labute approximate surface area is 109 Å². The second kappa shape index (κ2) is 3.47. The molecule has 0 radical (unpaired) electrons. The Hall–Kier alpha value is -1.56. The molecule has 0 nitrogen and oxygen atoms in total. The van der Waals surface area contributed by atoms with E-state index in [1.807, 2.05) is 0 Å². The zero-order chi connectivity index (χ0) is 13.0. The Kier molecular flexibility index (Phi) is 2.22. The molecule has 0 aliphatic heterocycles. The first kappa shape index (κ1) is 11.5. The highest BCUT2D eigenvalue weighted by atomic mass is 14.4. The summed E-state index contributed by atoms with van der Waals surface area (Å²) in [7, 11) is 0. The molecule has 92 valence electrons. The van der Waals surface area contributed by atoms with Crippen LogP contribution in [-0.4, -0.2) is 0 Å². The van der Waals surface area contributed by atoms with Gasteiger partial charge >= 0.3 is 0 Å². The average Bonchev–Trinajstić information content (AvgIpc) is 2.33. The fraction of sp³-hybridized carbons (Fsp3) is 0.333. The predicted molar refractivity (Wildman–Crippen MR) is 79.8 cm³/mol. The van der Waals surface area contributed by atoms with Gasteiger partial charge in [-0.3, -0.25) is 0 Å². The summed E-state index contributed by atoms with van der Waals surface area (Å²) in [6.45, 7) is 9.34. The molecule has 3 rings (SSSR count). The van der Waals surface area contributed by atoms with Crippen molar-refractivity contribution in [2.75, 3.05) is 0 Å². The minimum atomic E-state index is 0.168. The molecule has 0 amide bonds. The lowest BCUT2D eigenvalue weighted by Gasteiger charge is -2.44. The van der Waals surface area contributed by atoms with Crippen molar-refractivity contribution in [3.63, 3.8) is 0 Å². The number of benzene rings is 2. The smallest absolute Gasteiger partial charge is 0.00117 e. The van der Waals surface area contributed by atoms with Gasteiger partial charge in [0.2, 0.25) is 0 Å². The van der Waals surface area contributed by atoms with Crippen molar-refractivity contribution < 1.29 is 0 Å². The van der Waals surface area contributed by atoms with E-state index in [0.29, 0.717) is 0 Å². The topological polar surface area (TPSA) is 0 Å². The van der Waals surface area contributed by atoms with Crippen LogP contribution in [0, 0.1) is 5.41 Å². The van der Waals surface area contributed by atoms with Crippen LogP contribution >= 0.6 is 0 Å². The number of allylic oxidation sites excluding steroid dienone is 1. The minimum absolute atomic E-state index is 0.168. The Balaban J connectivity index is 2.34. The monoisotopic (exact) mass is 236 g/mol. The zero-order valence-electron chi connectivity index (χ0n) is 11.6. The summed E-state index contributed by atoms with van der Waals surface area (Å²) < 4.78 is 0. The van der Waals surface area contributed by atoms with Crippen molar-refractivity contribution in [2.45, 2.75) is 33.1 Å². The van der Waals surface area contributed by atoms with E-state index in [1.165, 1.54) is 21.9 Å². The van der Waals surface area contributed by atoms with E-state index >= 15 is 0 Å². The first-order valence-electron chi connectivity index (χ1n) is 6.64. The molecule has 2 aromatic rings. The van der Waals surface area contributed by atoms with Crippen LogP contribution in [0.5, 0.6) is 0 Å². The van der Waals surface area contributed by atoms with Crippen LogP contribution in [0.25, 0.3) is 16.8 Å². The van der Waals surface area contributed by atoms with Gasteiger partial charge in [0.25, 0.3) is 0 Å². The lowest BCUT2D eigenvalue weighted by molar-refractivity contribution is 0.265. The second-order valence-corrected chi connectivity index (χ2v) is 6.47. The van der Waals surface area contributed by atoms with Crippen LogP contribution < -0.4 is 0 Å². The molecule has 0 heterocycles. The molecule has 18 heavy (non-hydrogen) atoms. The van der Waals surface area contributed by atoms with Gasteiger partial charge in [-0.1, -0.05) is 64.1 Å². The maximum atomic E-state index is 2.37. The highest BCUT2D eigenvalue weighted by molar-refractivity contribution is 5.87. The van der Waals surface area contributed by atoms with E-state index in [0.717, 1.165) is 0 Å². The summed E-state index contributed by atoms with van der Waals surface area (Å²) >= 11 is 0. The van der Waals surface area contributed by atoms with Gasteiger partial charge in [0.05, 0.1) is 0 Å². The zero-order valence-corrected chi connectivity index (χ0v) is 11.6. The number of hydrogen-bond donors (Lipinski definition) is 0. The van der Waals surface area contributed by atoms with Gasteiger partial charge in [0.15, 0.2) is 0 Å². The molecule has 1 aliphatic carbocycles. The summed E-state index contributed by atoms with van der Waals surface area (Å²) in [5.74, 6) is 0. The third kappa shape index (κ3) is 1.45. The van der Waals surface area contributed by atoms with Crippen molar-refractivity contribution in [3.8, 4) is 0 Å². The van der Waals surface area contributed by atoms with E-state index in [2.05, 4.69) is 76.2 Å². The van der Waals surface area contributed by atoms with Crippen LogP contribution in [0.1, 0.15) is 38.8 Å². The fourth-order valence-electron chi connectivity index (χ4n) is 2.79. The molecule has 0 heteroatoms. The van der Waals surface area contributed by atoms with Crippen molar-refractivity contribution in [1.82, 2.24) is 0 Å². The Bertz CT molecular complexity index is 642. The molecular weight excluding hydrogens is 216 g/mol. The van der Waals surface area contributed by atoms with E-state index in [-0.39, 0.29) is 10.8 Å². The molecule has 0 fully saturated rings. The SMILES string of the molecule is CC1(C)C=Cc2cc3ccccc3cc2C1(C)C. The van der Waals surface area contributed by atoms with Crippen LogP contribution in [0.3, 0.4) is 0 Å². The van der Waals surface area contributed by atoms with E-state index < -0.39 is 0 Å². The third-order valence-corrected chi connectivity index (χ3v) is 4.88. The predicted octanol–water partition coefficient (Wildman–Crippen LogP) is 5.17. The molecule has 0 bridgehead atoms. The van der Waals surface area contributed by atoms with Crippen molar-refractivity contribution in [1.29, 1.82) is 0 Å². The van der Waals surface area contributed by atoms with Crippen LogP contribution in [0.2, 0.25) is 0 Å². The minimum Gasteiger partial charge on any atom is -0.0774 e. The summed E-state index contributed by atoms with van der Waals surface area (Å²) in [5.41, 5.74) is 3.20. The van der Waals surface area contributed by atoms with Crippen molar-refractivity contribution in [2.24, 2.45) is 5.41 Å². The molecule has 0 saturated heterocycles. The van der Waals surface area contributed by atoms with Gasteiger partial charge in [-0.05, 0) is 44.9 Å². The number of fused-ring (bicyclic) bond motifs is 2. The quantitative estimate of drug-likeness (QED) is 0.592. The second-order valence-electron chi connectivity index (χ2n) is 6.47. The Morgan fingerprint density at radius 3 is 2.11 bits per heavy atom. The van der Waals surface area contributed by atoms with Gasteiger partial charge in [-0.15, -0.1) is 0 Å². The summed E-state index contributed by atoms with van der Waals surface area (Å²) in [6, 6.07) is 13.3. The molecule has 0 aromatic heterocycles. The van der Waals surface area contributed by atoms with Crippen molar-refractivity contribution >= 4 is 16.8 Å². The van der Waals surface area contributed by atoms with Gasteiger partial charge in [0.1, 0.15) is 0 Å². The standard InChI is InChI=1S/C18H20/c1-17(2)10-9-15-11-13-7-5-6-8-14(13)12-16(15)18(17,3)4/h5-12H,1-4H3. The highest BCUT2D eigenvalue weighted by Gasteiger charge is 2.39. The van der Waals surface area contributed by atoms with E-state index in [4.69, 9.17) is 0 Å².